The molecule has 1 aromatic heterocycles. The summed E-state index contributed by atoms with van der Waals surface area (Å²) >= 11 is 0. The van der Waals surface area contributed by atoms with Crippen molar-refractivity contribution in [3.05, 3.63) is 24.2 Å². The maximum Gasteiger partial charge on any atom is 0.225 e. The third-order valence-electron chi connectivity index (χ3n) is 5.23. The van der Waals surface area contributed by atoms with Crippen LogP contribution in [0.15, 0.2) is 22.8 Å². The molecule has 2 fully saturated rings. The van der Waals surface area contributed by atoms with Crippen molar-refractivity contribution in [1.82, 2.24) is 10.2 Å². The van der Waals surface area contributed by atoms with Gasteiger partial charge >= 0.3 is 0 Å². The summed E-state index contributed by atoms with van der Waals surface area (Å²) in [5.41, 5.74) is 0. The number of hydrogen-bond acceptors (Lipinski definition) is 4. The van der Waals surface area contributed by atoms with Gasteiger partial charge in [-0.1, -0.05) is 19.3 Å². The minimum atomic E-state index is -0.310. The number of carbonyl (C=O) groups is 2. The standard InChI is InChI=1S/C18H26N2O4/c21-12-13-5-2-1-3-7-16(13)19-18(23)14-9-17(22)20(10-14)11-15-6-4-8-24-15/h4,6,8,13-14,16,21H,1-3,5,7,9-12H2,(H,19,23). The Morgan fingerprint density at radius 3 is 2.92 bits per heavy atom. The van der Waals surface area contributed by atoms with Crippen molar-refractivity contribution < 1.29 is 19.1 Å². The molecule has 3 atom stereocenters. The molecule has 2 amide bonds. The predicted octanol–water partition coefficient (Wildman–Crippen LogP) is 1.69. The average Bonchev–Trinajstić information content (AvgIpc) is 3.14. The molecule has 1 saturated heterocycles. The van der Waals surface area contributed by atoms with Gasteiger partial charge in [-0.2, -0.15) is 0 Å². The van der Waals surface area contributed by atoms with Gasteiger partial charge < -0.3 is 19.7 Å². The molecule has 6 heteroatoms. The molecule has 1 aromatic rings. The van der Waals surface area contributed by atoms with Crippen molar-refractivity contribution in [2.75, 3.05) is 13.2 Å². The molecule has 2 aliphatic rings. The molecule has 0 spiro atoms. The largest absolute Gasteiger partial charge is 0.467 e. The van der Waals surface area contributed by atoms with Gasteiger partial charge in [-0.15, -0.1) is 0 Å². The number of hydrogen-bond donors (Lipinski definition) is 2. The number of furan rings is 1. The summed E-state index contributed by atoms with van der Waals surface area (Å²) in [5.74, 6) is 0.484. The Hall–Kier alpha value is -1.82. The lowest BCUT2D eigenvalue weighted by Gasteiger charge is -2.26. The number of aliphatic hydroxyl groups is 1. The number of nitrogens with zero attached hydrogens (tertiary/aromatic N) is 1. The molecule has 0 bridgehead atoms. The molecule has 0 radical (unpaired) electrons. The Kier molecular flexibility index (Phi) is 5.56. The first-order chi connectivity index (χ1) is 11.7. The van der Waals surface area contributed by atoms with Gasteiger partial charge in [-0.25, -0.2) is 0 Å². The van der Waals surface area contributed by atoms with Crippen LogP contribution in [0.4, 0.5) is 0 Å². The van der Waals surface area contributed by atoms with Gasteiger partial charge in [-0.05, 0) is 25.0 Å². The van der Waals surface area contributed by atoms with Crippen molar-refractivity contribution in [2.24, 2.45) is 11.8 Å². The molecule has 2 N–H and O–H groups in total. The number of rotatable bonds is 5. The second kappa shape index (κ2) is 7.83. The van der Waals surface area contributed by atoms with Crippen LogP contribution >= 0.6 is 0 Å². The normalized spacial score (nSPS) is 28.0. The van der Waals surface area contributed by atoms with Crippen LogP contribution in [0.5, 0.6) is 0 Å². The molecule has 3 unspecified atom stereocenters. The van der Waals surface area contributed by atoms with Crippen LogP contribution in [0.3, 0.4) is 0 Å². The third kappa shape index (κ3) is 3.98. The summed E-state index contributed by atoms with van der Waals surface area (Å²) in [5, 5.41) is 12.7. The number of nitrogens with one attached hydrogen (secondary N) is 1. The Bertz CT molecular complexity index is 557. The first-order valence-corrected chi connectivity index (χ1v) is 8.88. The quantitative estimate of drug-likeness (QED) is 0.803. The van der Waals surface area contributed by atoms with Crippen LogP contribution in [0.1, 0.15) is 44.3 Å². The summed E-state index contributed by atoms with van der Waals surface area (Å²) in [6, 6.07) is 3.65. The SMILES string of the molecule is O=C(NC1CCCCCC1CO)C1CC(=O)N(Cc2ccco2)C1. The van der Waals surface area contributed by atoms with Crippen LogP contribution < -0.4 is 5.32 Å². The van der Waals surface area contributed by atoms with E-state index in [-0.39, 0.29) is 42.7 Å². The second-order valence-electron chi connectivity index (χ2n) is 6.95. The van der Waals surface area contributed by atoms with E-state index in [1.807, 2.05) is 6.07 Å². The van der Waals surface area contributed by atoms with Crippen molar-refractivity contribution >= 4 is 11.8 Å². The summed E-state index contributed by atoms with van der Waals surface area (Å²) in [7, 11) is 0. The van der Waals surface area contributed by atoms with E-state index >= 15 is 0 Å². The zero-order chi connectivity index (χ0) is 16.9. The van der Waals surface area contributed by atoms with E-state index in [0.717, 1.165) is 37.9 Å². The third-order valence-corrected chi connectivity index (χ3v) is 5.23. The molecule has 132 valence electrons. The van der Waals surface area contributed by atoms with Crippen molar-refractivity contribution in [1.29, 1.82) is 0 Å². The maximum atomic E-state index is 12.6. The first kappa shape index (κ1) is 17.0. The fraction of sp³-hybridized carbons (Fsp3) is 0.667. The zero-order valence-electron chi connectivity index (χ0n) is 13.9. The Morgan fingerprint density at radius 1 is 1.33 bits per heavy atom. The summed E-state index contributed by atoms with van der Waals surface area (Å²) in [6.45, 7) is 0.958. The highest BCUT2D eigenvalue weighted by Crippen LogP contribution is 2.25. The van der Waals surface area contributed by atoms with E-state index in [0.29, 0.717) is 13.1 Å². The van der Waals surface area contributed by atoms with Crippen LogP contribution in [-0.4, -0.2) is 41.0 Å². The Balaban J connectivity index is 1.56. The summed E-state index contributed by atoms with van der Waals surface area (Å²) < 4.78 is 5.28. The lowest BCUT2D eigenvalue weighted by Crippen LogP contribution is -2.44. The van der Waals surface area contributed by atoms with Gasteiger partial charge in [0, 0.05) is 31.5 Å². The molecule has 0 aromatic carbocycles. The highest BCUT2D eigenvalue weighted by molar-refractivity contribution is 5.89. The van der Waals surface area contributed by atoms with Gasteiger partial charge in [0.15, 0.2) is 0 Å². The van der Waals surface area contributed by atoms with E-state index in [1.165, 1.54) is 0 Å². The zero-order valence-corrected chi connectivity index (χ0v) is 13.9. The van der Waals surface area contributed by atoms with E-state index in [2.05, 4.69) is 5.32 Å². The molecule has 6 nitrogen and oxygen atoms in total. The van der Waals surface area contributed by atoms with Gasteiger partial charge in [0.25, 0.3) is 0 Å². The monoisotopic (exact) mass is 334 g/mol. The average molecular weight is 334 g/mol. The molecule has 2 heterocycles. The second-order valence-corrected chi connectivity index (χ2v) is 6.95. The van der Waals surface area contributed by atoms with Crippen molar-refractivity contribution in [3.8, 4) is 0 Å². The number of aliphatic hydroxyl groups excluding tert-OH is 1. The van der Waals surface area contributed by atoms with Gasteiger partial charge in [0.2, 0.25) is 11.8 Å². The topological polar surface area (TPSA) is 82.8 Å². The number of amides is 2. The summed E-state index contributed by atoms with van der Waals surface area (Å²) in [4.78, 5) is 26.4. The first-order valence-electron chi connectivity index (χ1n) is 8.88. The lowest BCUT2D eigenvalue weighted by atomic mass is 9.94. The highest BCUT2D eigenvalue weighted by Gasteiger charge is 2.36. The summed E-state index contributed by atoms with van der Waals surface area (Å²) in [6.07, 6.45) is 7.04. The van der Waals surface area contributed by atoms with Gasteiger partial charge in [0.1, 0.15) is 5.76 Å². The van der Waals surface area contributed by atoms with E-state index in [1.54, 1.807) is 17.2 Å². The fourth-order valence-corrected chi connectivity index (χ4v) is 3.78. The maximum absolute atomic E-state index is 12.6. The van der Waals surface area contributed by atoms with Crippen molar-refractivity contribution in [2.45, 2.75) is 51.1 Å². The smallest absolute Gasteiger partial charge is 0.225 e. The molecule has 3 rings (SSSR count). The molecule has 1 saturated carbocycles. The minimum absolute atomic E-state index is 0.00822. The Morgan fingerprint density at radius 2 is 2.17 bits per heavy atom. The van der Waals surface area contributed by atoms with Gasteiger partial charge in [0.05, 0.1) is 18.7 Å². The van der Waals surface area contributed by atoms with Crippen LogP contribution in [0.25, 0.3) is 0 Å². The molecule has 1 aliphatic heterocycles. The molecule has 1 aliphatic carbocycles. The number of carbonyl (C=O) groups excluding carboxylic acids is 2. The van der Waals surface area contributed by atoms with Crippen molar-refractivity contribution in [3.63, 3.8) is 0 Å². The van der Waals surface area contributed by atoms with E-state index < -0.39 is 0 Å². The molecular formula is C18H26N2O4. The lowest BCUT2D eigenvalue weighted by molar-refractivity contribution is -0.129. The molecule has 24 heavy (non-hydrogen) atoms. The van der Waals surface area contributed by atoms with Gasteiger partial charge in [-0.3, -0.25) is 9.59 Å². The minimum Gasteiger partial charge on any atom is -0.467 e. The highest BCUT2D eigenvalue weighted by atomic mass is 16.3. The number of likely N-dealkylation sites (tertiary alicyclic amines) is 1. The Labute approximate surface area is 142 Å². The molecular weight excluding hydrogens is 308 g/mol. The van der Waals surface area contributed by atoms with Crippen LogP contribution in [0.2, 0.25) is 0 Å². The van der Waals surface area contributed by atoms with Crippen LogP contribution in [-0.2, 0) is 16.1 Å². The van der Waals surface area contributed by atoms with Crippen LogP contribution in [0, 0.1) is 11.8 Å². The van der Waals surface area contributed by atoms with E-state index in [4.69, 9.17) is 4.42 Å². The fourth-order valence-electron chi connectivity index (χ4n) is 3.78. The van der Waals surface area contributed by atoms with E-state index in [9.17, 15) is 14.7 Å². The predicted molar refractivity (Wildman–Crippen MR) is 87.8 cm³/mol.